The first-order valence-electron chi connectivity index (χ1n) is 7.15. The van der Waals surface area contributed by atoms with E-state index in [1.54, 1.807) is 18.2 Å². The largest absolute Gasteiger partial charge is 0.489 e. The zero-order chi connectivity index (χ0) is 17.3. The Kier molecular flexibility index (Phi) is 4.76. The van der Waals surface area contributed by atoms with Gasteiger partial charge in [-0.15, -0.1) is 0 Å². The van der Waals surface area contributed by atoms with E-state index in [9.17, 15) is 9.18 Å². The van der Waals surface area contributed by atoms with Gasteiger partial charge in [0.1, 0.15) is 12.4 Å². The van der Waals surface area contributed by atoms with Crippen molar-refractivity contribution in [3.8, 4) is 17.0 Å². The Bertz CT molecular complexity index is 973. The lowest BCUT2D eigenvalue weighted by atomic mass is 10.1. The molecule has 0 atom stereocenters. The molecule has 0 aliphatic heterocycles. The first-order valence-corrected chi connectivity index (χ1v) is 7.90. The second-order valence-electron chi connectivity index (χ2n) is 5.11. The third kappa shape index (κ3) is 3.11. The summed E-state index contributed by atoms with van der Waals surface area (Å²) >= 11 is 12.0. The van der Waals surface area contributed by atoms with Gasteiger partial charge in [-0.2, -0.15) is 0 Å². The molecule has 3 rings (SSSR count). The molecule has 0 fully saturated rings. The molecule has 0 aliphatic rings. The molecule has 0 spiro atoms. The van der Waals surface area contributed by atoms with Crippen LogP contribution in [0.3, 0.4) is 0 Å². The Morgan fingerprint density at radius 2 is 1.88 bits per heavy atom. The zero-order valence-corrected chi connectivity index (χ0v) is 13.9. The normalized spacial score (nSPS) is 11.0. The number of fused-ring (bicyclic) bond motifs is 1. The van der Waals surface area contributed by atoms with Crippen LogP contribution in [-0.4, -0.2) is 18.1 Å². The summed E-state index contributed by atoms with van der Waals surface area (Å²) in [6.07, 6.45) is 0. The molecule has 7 heteroatoms. The molecule has 0 radical (unpaired) electrons. The van der Waals surface area contributed by atoms with Crippen LogP contribution in [0.4, 0.5) is 4.39 Å². The molecule has 24 heavy (non-hydrogen) atoms. The van der Waals surface area contributed by atoms with Gasteiger partial charge in [0.15, 0.2) is 5.75 Å². The topological polar surface area (TPSA) is 68.1 Å². The van der Waals surface area contributed by atoms with Crippen molar-refractivity contribution >= 4 is 34.0 Å². The summed E-state index contributed by atoms with van der Waals surface area (Å²) in [5.41, 5.74) is 6.15. The first kappa shape index (κ1) is 16.8. The van der Waals surface area contributed by atoms with Crippen molar-refractivity contribution in [2.24, 2.45) is 5.73 Å². The minimum Gasteiger partial charge on any atom is -0.489 e. The summed E-state index contributed by atoms with van der Waals surface area (Å²) in [7, 11) is 0. The fourth-order valence-corrected chi connectivity index (χ4v) is 2.74. The van der Waals surface area contributed by atoms with Crippen LogP contribution in [-0.2, 0) is 0 Å². The Morgan fingerprint density at radius 3 is 2.58 bits per heavy atom. The van der Waals surface area contributed by atoms with Crippen LogP contribution in [0.25, 0.3) is 22.0 Å². The lowest BCUT2D eigenvalue weighted by molar-refractivity contribution is 0.332. The summed E-state index contributed by atoms with van der Waals surface area (Å²) in [4.78, 5) is 15.1. The van der Waals surface area contributed by atoms with Crippen LogP contribution < -0.4 is 16.0 Å². The fourth-order valence-electron chi connectivity index (χ4n) is 2.44. The van der Waals surface area contributed by atoms with Crippen molar-refractivity contribution < 1.29 is 9.13 Å². The minimum atomic E-state index is -0.500. The number of rotatable bonds is 4. The maximum Gasteiger partial charge on any atom is 0.256 e. The van der Waals surface area contributed by atoms with Crippen molar-refractivity contribution in [3.05, 3.63) is 62.6 Å². The summed E-state index contributed by atoms with van der Waals surface area (Å²) in [6.45, 7) is 0.537. The maximum absolute atomic E-state index is 13.5. The lowest BCUT2D eigenvalue weighted by Crippen LogP contribution is -2.15. The van der Waals surface area contributed by atoms with E-state index in [2.05, 4.69) is 4.98 Å². The van der Waals surface area contributed by atoms with Crippen molar-refractivity contribution in [1.82, 2.24) is 4.98 Å². The van der Waals surface area contributed by atoms with Gasteiger partial charge >= 0.3 is 0 Å². The number of hydrogen-bond donors (Lipinski definition) is 2. The Hall–Kier alpha value is -2.08. The SMILES string of the molecule is NCCOc1c(-c2ccc(Cl)c(Cl)c2)[nH]c(=O)c2cc(F)ccc12. The van der Waals surface area contributed by atoms with Gasteiger partial charge in [-0.25, -0.2) is 4.39 Å². The molecule has 0 aliphatic carbocycles. The van der Waals surface area contributed by atoms with Crippen LogP contribution >= 0.6 is 23.2 Å². The smallest absolute Gasteiger partial charge is 0.256 e. The van der Waals surface area contributed by atoms with E-state index in [4.69, 9.17) is 33.7 Å². The number of halogens is 3. The highest BCUT2D eigenvalue weighted by Crippen LogP contribution is 2.36. The molecule has 3 aromatic rings. The van der Waals surface area contributed by atoms with Crippen LogP contribution in [0.1, 0.15) is 0 Å². The molecule has 1 aromatic heterocycles. The van der Waals surface area contributed by atoms with Crippen LogP contribution in [0.2, 0.25) is 10.0 Å². The highest BCUT2D eigenvalue weighted by atomic mass is 35.5. The second-order valence-corrected chi connectivity index (χ2v) is 5.93. The number of H-pyrrole nitrogens is 1. The highest BCUT2D eigenvalue weighted by Gasteiger charge is 2.16. The molecule has 2 aromatic carbocycles. The highest BCUT2D eigenvalue weighted by molar-refractivity contribution is 6.42. The Labute approximate surface area is 147 Å². The number of nitrogens with one attached hydrogen (secondary N) is 1. The Balaban J connectivity index is 2.31. The molecule has 0 saturated carbocycles. The van der Waals surface area contributed by atoms with Crippen molar-refractivity contribution in [1.29, 1.82) is 0 Å². The molecular weight excluding hydrogens is 354 g/mol. The molecule has 0 bridgehead atoms. The number of aromatic amines is 1. The van der Waals surface area contributed by atoms with Gasteiger partial charge < -0.3 is 15.5 Å². The zero-order valence-electron chi connectivity index (χ0n) is 12.4. The van der Waals surface area contributed by atoms with Crippen molar-refractivity contribution in [2.75, 3.05) is 13.2 Å². The summed E-state index contributed by atoms with van der Waals surface area (Å²) in [5.74, 6) is -0.0894. The summed E-state index contributed by atoms with van der Waals surface area (Å²) < 4.78 is 19.2. The predicted octanol–water partition coefficient (Wildman–Crippen LogP) is 3.98. The minimum absolute atomic E-state index is 0.200. The van der Waals surface area contributed by atoms with Gasteiger partial charge in [0.2, 0.25) is 0 Å². The molecule has 0 saturated heterocycles. The van der Waals surface area contributed by atoms with Gasteiger partial charge in [-0.3, -0.25) is 4.79 Å². The molecule has 4 nitrogen and oxygen atoms in total. The van der Waals surface area contributed by atoms with Crippen molar-refractivity contribution in [2.45, 2.75) is 0 Å². The van der Waals surface area contributed by atoms with Crippen molar-refractivity contribution in [3.63, 3.8) is 0 Å². The summed E-state index contributed by atoms with van der Waals surface area (Å²) in [6, 6.07) is 8.91. The van der Waals surface area contributed by atoms with E-state index in [1.807, 2.05) is 0 Å². The van der Waals surface area contributed by atoms with E-state index in [-0.39, 0.29) is 12.0 Å². The first-order chi connectivity index (χ1) is 11.5. The van der Waals surface area contributed by atoms with Gasteiger partial charge in [0.25, 0.3) is 5.56 Å². The average Bonchev–Trinajstić information content (AvgIpc) is 2.56. The fraction of sp³-hybridized carbons (Fsp3) is 0.118. The molecule has 1 heterocycles. The lowest BCUT2D eigenvalue weighted by Gasteiger charge is -2.14. The standard InChI is InChI=1S/C17H13Cl2FN2O2/c18-13-4-1-9(7-14(13)19)15-16(24-6-5-21)11-3-2-10(20)8-12(11)17(23)22-15/h1-4,7-8H,5-6,21H2,(H,22,23). The number of benzene rings is 2. The maximum atomic E-state index is 13.5. The monoisotopic (exact) mass is 366 g/mol. The van der Waals surface area contributed by atoms with Gasteiger partial charge in [0, 0.05) is 17.5 Å². The van der Waals surface area contributed by atoms with E-state index in [0.717, 1.165) is 0 Å². The van der Waals surface area contributed by atoms with Crippen LogP contribution in [0.5, 0.6) is 5.75 Å². The van der Waals surface area contributed by atoms with Gasteiger partial charge in [0.05, 0.1) is 21.1 Å². The van der Waals surface area contributed by atoms with E-state index >= 15 is 0 Å². The number of pyridine rings is 1. The summed E-state index contributed by atoms with van der Waals surface area (Å²) in [5, 5.41) is 1.44. The van der Waals surface area contributed by atoms with E-state index < -0.39 is 11.4 Å². The predicted molar refractivity (Wildman–Crippen MR) is 94.5 cm³/mol. The molecule has 0 unspecified atom stereocenters. The average molecular weight is 367 g/mol. The van der Waals surface area contributed by atoms with E-state index in [0.29, 0.717) is 39.0 Å². The molecular formula is C17H13Cl2FN2O2. The second kappa shape index (κ2) is 6.81. The van der Waals surface area contributed by atoms with Gasteiger partial charge in [-0.05, 0) is 30.3 Å². The molecule has 3 N–H and O–H groups in total. The van der Waals surface area contributed by atoms with Crippen LogP contribution in [0, 0.1) is 5.82 Å². The third-order valence-electron chi connectivity index (χ3n) is 3.51. The van der Waals surface area contributed by atoms with Gasteiger partial charge in [-0.1, -0.05) is 29.3 Å². The number of nitrogens with two attached hydrogens (primary N) is 1. The van der Waals surface area contributed by atoms with Crippen LogP contribution in [0.15, 0.2) is 41.2 Å². The Morgan fingerprint density at radius 1 is 1.08 bits per heavy atom. The number of hydrogen-bond acceptors (Lipinski definition) is 3. The number of aromatic nitrogens is 1. The quantitative estimate of drug-likeness (QED) is 0.733. The molecule has 0 amide bonds. The van der Waals surface area contributed by atoms with E-state index in [1.165, 1.54) is 18.2 Å². The molecule has 124 valence electrons. The third-order valence-corrected chi connectivity index (χ3v) is 4.25. The number of ether oxygens (including phenoxy) is 1.